The Morgan fingerprint density at radius 1 is 0.938 bits per heavy atom. The molecular weight excluding hydrogens is 441 g/mol. The minimum atomic E-state index is -3.48. The number of hydrogen-bond acceptors (Lipinski definition) is 9. The maximum Gasteiger partial charge on any atom is 0.332 e. The van der Waals surface area contributed by atoms with Crippen LogP contribution < -0.4 is 5.32 Å². The minimum absolute atomic E-state index is 0.0622. The molecule has 32 heavy (non-hydrogen) atoms. The number of nitrogens with one attached hydrogen (secondary N) is 1. The van der Waals surface area contributed by atoms with Crippen LogP contribution >= 0.6 is 7.60 Å². The van der Waals surface area contributed by atoms with E-state index in [9.17, 15) is 14.2 Å². The average molecular weight is 482 g/mol. The molecule has 2 unspecified atom stereocenters. The largest absolute Gasteiger partial charge is 0.463 e. The van der Waals surface area contributed by atoms with Gasteiger partial charge in [0.25, 0.3) is 0 Å². The van der Waals surface area contributed by atoms with Crippen molar-refractivity contribution in [3.63, 3.8) is 0 Å². The van der Waals surface area contributed by atoms with Crippen molar-refractivity contribution < 1.29 is 42.1 Å². The van der Waals surface area contributed by atoms with E-state index in [0.29, 0.717) is 13.2 Å². The van der Waals surface area contributed by atoms with Gasteiger partial charge in [0, 0.05) is 41.3 Å². The molecular formula is C21H40NO9P. The molecule has 1 aliphatic heterocycles. The SMILES string of the molecule is CCCCO[C@@H]1C(COC(C)=O)O[C@H](CP(=O)(OC)OC)C(NC(C)=O)[C@H]1OCCCC. The predicted molar refractivity (Wildman–Crippen MR) is 119 cm³/mol. The van der Waals surface area contributed by atoms with Gasteiger partial charge < -0.3 is 33.3 Å². The number of rotatable bonds is 15. The summed E-state index contributed by atoms with van der Waals surface area (Å²) in [4.78, 5) is 23.5. The molecule has 0 aromatic rings. The summed E-state index contributed by atoms with van der Waals surface area (Å²) in [7, 11) is -0.891. The molecule has 0 spiro atoms. The zero-order valence-electron chi connectivity index (χ0n) is 20.2. The third-order valence-electron chi connectivity index (χ3n) is 5.19. The van der Waals surface area contributed by atoms with Gasteiger partial charge in [-0.1, -0.05) is 26.7 Å². The Kier molecular flexibility index (Phi) is 13.6. The Labute approximate surface area is 191 Å². The minimum Gasteiger partial charge on any atom is -0.463 e. The molecule has 0 aromatic heterocycles. The second kappa shape index (κ2) is 15.0. The number of amides is 1. The van der Waals surface area contributed by atoms with Gasteiger partial charge in [-0.25, -0.2) is 0 Å². The van der Waals surface area contributed by atoms with Crippen molar-refractivity contribution in [3.05, 3.63) is 0 Å². The van der Waals surface area contributed by atoms with Crippen molar-refractivity contribution in [1.82, 2.24) is 5.32 Å². The summed E-state index contributed by atoms with van der Waals surface area (Å²) >= 11 is 0. The summed E-state index contributed by atoms with van der Waals surface area (Å²) in [5, 5.41) is 2.88. The zero-order chi connectivity index (χ0) is 24.1. The number of carbonyl (C=O) groups is 2. The van der Waals surface area contributed by atoms with E-state index in [-0.39, 0.29) is 18.7 Å². The first-order valence-corrected chi connectivity index (χ1v) is 12.9. The van der Waals surface area contributed by atoms with Crippen molar-refractivity contribution in [1.29, 1.82) is 0 Å². The molecule has 0 aromatic carbocycles. The highest BCUT2D eigenvalue weighted by Gasteiger charge is 2.50. The lowest BCUT2D eigenvalue weighted by molar-refractivity contribution is -0.222. The molecule has 1 rings (SSSR count). The van der Waals surface area contributed by atoms with Gasteiger partial charge in [0.05, 0.1) is 18.3 Å². The first-order chi connectivity index (χ1) is 15.2. The van der Waals surface area contributed by atoms with Crippen LogP contribution in [0, 0.1) is 0 Å². The molecule has 11 heteroatoms. The maximum atomic E-state index is 12.9. The molecule has 0 saturated carbocycles. The number of unbranched alkanes of at least 4 members (excludes halogenated alkanes) is 2. The van der Waals surface area contributed by atoms with Crippen molar-refractivity contribution in [2.24, 2.45) is 0 Å². The van der Waals surface area contributed by atoms with Crippen LogP contribution in [0.2, 0.25) is 0 Å². The van der Waals surface area contributed by atoms with Crippen molar-refractivity contribution >= 4 is 19.5 Å². The molecule has 1 aliphatic rings. The smallest absolute Gasteiger partial charge is 0.332 e. The number of ether oxygens (including phenoxy) is 4. The summed E-state index contributed by atoms with van der Waals surface area (Å²) < 4.78 is 46.8. The highest BCUT2D eigenvalue weighted by molar-refractivity contribution is 7.53. The standard InChI is InChI=1S/C21H40NO9P/c1-7-9-11-28-20-17(13-30-16(4)24)31-18(14-32(25,26-5)27-6)19(22-15(3)23)21(20)29-12-10-8-2/h17-21H,7-14H2,1-6H3,(H,22,23)/t17?,18-,19?,20-,21-/m1/s1. The van der Waals surface area contributed by atoms with E-state index in [1.54, 1.807) is 0 Å². The van der Waals surface area contributed by atoms with Crippen LogP contribution in [0.4, 0.5) is 0 Å². The Balaban J connectivity index is 3.30. The van der Waals surface area contributed by atoms with Gasteiger partial charge in [-0.3, -0.25) is 14.2 Å². The van der Waals surface area contributed by atoms with Crippen LogP contribution in [-0.4, -0.2) is 82.5 Å². The molecule has 1 amide bonds. The fourth-order valence-electron chi connectivity index (χ4n) is 3.49. The summed E-state index contributed by atoms with van der Waals surface area (Å²) in [6.45, 7) is 7.65. The van der Waals surface area contributed by atoms with Crippen molar-refractivity contribution in [2.75, 3.05) is 40.2 Å². The number of carbonyl (C=O) groups excluding carboxylic acids is 2. The second-order valence-corrected chi connectivity index (χ2v) is 10.1. The van der Waals surface area contributed by atoms with E-state index in [1.807, 2.05) is 6.92 Å². The normalized spacial score (nSPS) is 26.0. The first kappa shape index (κ1) is 29.0. The first-order valence-electron chi connectivity index (χ1n) is 11.2. The summed E-state index contributed by atoms with van der Waals surface area (Å²) in [6.07, 6.45) is 0.734. The fourth-order valence-corrected chi connectivity index (χ4v) is 4.69. The lowest BCUT2D eigenvalue weighted by Gasteiger charge is -2.46. The molecule has 1 saturated heterocycles. The predicted octanol–water partition coefficient (Wildman–Crippen LogP) is 2.68. The fraction of sp³-hybridized carbons (Fsp3) is 0.905. The molecule has 0 aliphatic carbocycles. The Hall–Kier alpha value is -1.03. The molecule has 5 atom stereocenters. The van der Waals surface area contributed by atoms with Gasteiger partial charge in [0.15, 0.2) is 0 Å². The Morgan fingerprint density at radius 3 is 1.97 bits per heavy atom. The van der Waals surface area contributed by atoms with Gasteiger partial charge in [0.1, 0.15) is 24.9 Å². The van der Waals surface area contributed by atoms with E-state index >= 15 is 0 Å². The number of hydrogen-bond donors (Lipinski definition) is 1. The van der Waals surface area contributed by atoms with E-state index in [0.717, 1.165) is 25.7 Å². The molecule has 188 valence electrons. The molecule has 0 radical (unpaired) electrons. The highest BCUT2D eigenvalue weighted by atomic mass is 31.2. The van der Waals surface area contributed by atoms with Gasteiger partial charge >= 0.3 is 13.6 Å². The van der Waals surface area contributed by atoms with E-state index in [1.165, 1.54) is 28.1 Å². The van der Waals surface area contributed by atoms with Crippen LogP contribution in [0.1, 0.15) is 53.4 Å². The van der Waals surface area contributed by atoms with Gasteiger partial charge in [-0.05, 0) is 12.8 Å². The molecule has 0 bridgehead atoms. The number of esters is 1. The molecule has 10 nitrogen and oxygen atoms in total. The van der Waals surface area contributed by atoms with Crippen LogP contribution in [0.25, 0.3) is 0 Å². The average Bonchev–Trinajstić information content (AvgIpc) is 2.75. The van der Waals surface area contributed by atoms with E-state index < -0.39 is 44.0 Å². The molecule has 1 heterocycles. The van der Waals surface area contributed by atoms with Crippen LogP contribution in [-0.2, 0) is 42.1 Å². The van der Waals surface area contributed by atoms with Crippen LogP contribution in [0.15, 0.2) is 0 Å². The van der Waals surface area contributed by atoms with Crippen LogP contribution in [0.3, 0.4) is 0 Å². The second-order valence-electron chi connectivity index (χ2n) is 7.78. The topological polar surface area (TPSA) is 119 Å². The maximum absolute atomic E-state index is 12.9. The Bertz CT molecular complexity index is 610. The highest BCUT2D eigenvalue weighted by Crippen LogP contribution is 2.48. The molecule has 1 fully saturated rings. The van der Waals surface area contributed by atoms with Gasteiger partial charge in [-0.2, -0.15) is 0 Å². The summed E-state index contributed by atoms with van der Waals surface area (Å²) in [6, 6.07) is -0.664. The van der Waals surface area contributed by atoms with Crippen molar-refractivity contribution in [2.45, 2.75) is 83.8 Å². The van der Waals surface area contributed by atoms with Crippen molar-refractivity contribution in [3.8, 4) is 0 Å². The third kappa shape index (κ3) is 9.45. The quantitative estimate of drug-likeness (QED) is 0.214. The lowest BCUT2D eigenvalue weighted by atomic mass is 9.92. The monoisotopic (exact) mass is 481 g/mol. The molecule has 1 N–H and O–H groups in total. The van der Waals surface area contributed by atoms with E-state index in [4.69, 9.17) is 28.0 Å². The van der Waals surface area contributed by atoms with Gasteiger partial charge in [0.2, 0.25) is 5.91 Å². The summed E-state index contributed by atoms with van der Waals surface area (Å²) in [5.41, 5.74) is 0. The third-order valence-corrected chi connectivity index (χ3v) is 7.11. The zero-order valence-corrected chi connectivity index (χ0v) is 21.1. The van der Waals surface area contributed by atoms with E-state index in [2.05, 4.69) is 12.2 Å². The lowest BCUT2D eigenvalue weighted by Crippen LogP contribution is -2.66. The van der Waals surface area contributed by atoms with Gasteiger partial charge in [-0.15, -0.1) is 0 Å². The summed E-state index contributed by atoms with van der Waals surface area (Å²) in [5.74, 6) is -0.743. The van der Waals surface area contributed by atoms with Crippen LogP contribution in [0.5, 0.6) is 0 Å². The Morgan fingerprint density at radius 2 is 1.50 bits per heavy atom.